The molecule has 0 aliphatic heterocycles. The normalized spacial score (nSPS) is 12.7. The Bertz CT molecular complexity index is 551. The number of hydrogen-bond acceptors (Lipinski definition) is 3. The summed E-state index contributed by atoms with van der Waals surface area (Å²) in [6.45, 7) is 8.55. The molecule has 0 unspecified atom stereocenters. The van der Waals surface area contributed by atoms with Crippen LogP contribution < -0.4 is 10.0 Å². The second kappa shape index (κ2) is 6.65. The van der Waals surface area contributed by atoms with Gasteiger partial charge in [-0.2, -0.15) is 0 Å². The summed E-state index contributed by atoms with van der Waals surface area (Å²) in [4.78, 5) is -0.303. The lowest BCUT2D eigenvalue weighted by Crippen LogP contribution is -2.40. The molecule has 0 bridgehead atoms. The summed E-state index contributed by atoms with van der Waals surface area (Å²) >= 11 is 0. The highest BCUT2D eigenvalue weighted by atomic mass is 32.2. The first kappa shape index (κ1) is 17.1. The highest BCUT2D eigenvalue weighted by Gasteiger charge is 2.25. The zero-order chi connectivity index (χ0) is 15.4. The van der Waals surface area contributed by atoms with Crippen molar-refractivity contribution >= 4 is 10.0 Å². The fourth-order valence-electron chi connectivity index (χ4n) is 1.73. The molecule has 0 fully saturated rings. The van der Waals surface area contributed by atoms with Crippen LogP contribution in [-0.4, -0.2) is 20.5 Å². The lowest BCUT2D eigenvalue weighted by Gasteiger charge is -2.20. The second-order valence-electron chi connectivity index (χ2n) is 5.80. The standard InChI is InChI=1S/C14H23FN2O2S/c1-5-8-16-10-11-6-7-12(15)13(9-11)20(18,19)17-14(2,3)4/h6-7,9,16-17H,5,8,10H2,1-4H3. The van der Waals surface area contributed by atoms with Crippen LogP contribution >= 0.6 is 0 Å². The van der Waals surface area contributed by atoms with Crippen molar-refractivity contribution in [3.05, 3.63) is 29.6 Å². The van der Waals surface area contributed by atoms with E-state index < -0.39 is 21.4 Å². The first-order valence-corrected chi connectivity index (χ1v) is 8.17. The van der Waals surface area contributed by atoms with E-state index in [9.17, 15) is 12.8 Å². The molecule has 0 radical (unpaired) electrons. The van der Waals surface area contributed by atoms with Crippen LogP contribution in [0.5, 0.6) is 0 Å². The molecule has 4 nitrogen and oxygen atoms in total. The highest BCUT2D eigenvalue weighted by Crippen LogP contribution is 2.18. The van der Waals surface area contributed by atoms with Gasteiger partial charge < -0.3 is 5.32 Å². The molecule has 114 valence electrons. The van der Waals surface area contributed by atoms with E-state index in [1.165, 1.54) is 12.1 Å². The third-order valence-electron chi connectivity index (χ3n) is 2.48. The molecule has 0 saturated heterocycles. The number of halogens is 1. The molecule has 0 aromatic heterocycles. The van der Waals surface area contributed by atoms with Crippen LogP contribution in [0.25, 0.3) is 0 Å². The number of nitrogens with one attached hydrogen (secondary N) is 2. The molecule has 0 amide bonds. The van der Waals surface area contributed by atoms with Gasteiger partial charge in [-0.1, -0.05) is 13.0 Å². The molecule has 0 aliphatic rings. The van der Waals surface area contributed by atoms with Crippen LogP contribution in [0.2, 0.25) is 0 Å². The minimum Gasteiger partial charge on any atom is -0.313 e. The minimum atomic E-state index is -3.85. The summed E-state index contributed by atoms with van der Waals surface area (Å²) in [5.74, 6) is -0.735. The molecule has 0 aliphatic carbocycles. The van der Waals surface area contributed by atoms with Gasteiger partial charge in [0.15, 0.2) is 0 Å². The van der Waals surface area contributed by atoms with Crippen molar-refractivity contribution in [3.8, 4) is 0 Å². The Balaban J connectivity index is 3.02. The van der Waals surface area contributed by atoms with Crippen LogP contribution in [0.4, 0.5) is 4.39 Å². The monoisotopic (exact) mass is 302 g/mol. The zero-order valence-electron chi connectivity index (χ0n) is 12.5. The summed E-state index contributed by atoms with van der Waals surface area (Å²) < 4.78 is 40.6. The summed E-state index contributed by atoms with van der Waals surface area (Å²) in [5.41, 5.74) is 0.0935. The number of hydrogen-bond donors (Lipinski definition) is 2. The molecular weight excluding hydrogens is 279 g/mol. The summed E-state index contributed by atoms with van der Waals surface area (Å²) in [5, 5.41) is 3.16. The summed E-state index contributed by atoms with van der Waals surface area (Å²) in [6, 6.07) is 4.17. The van der Waals surface area contributed by atoms with Gasteiger partial charge in [-0.15, -0.1) is 0 Å². The maximum atomic E-state index is 13.8. The van der Waals surface area contributed by atoms with E-state index >= 15 is 0 Å². The Labute approximate surface area is 120 Å². The average Bonchev–Trinajstić information content (AvgIpc) is 2.28. The largest absolute Gasteiger partial charge is 0.313 e. The summed E-state index contributed by atoms with van der Waals surface area (Å²) in [7, 11) is -3.85. The Morgan fingerprint density at radius 2 is 1.90 bits per heavy atom. The van der Waals surface area contributed by atoms with E-state index in [2.05, 4.69) is 10.0 Å². The Kier molecular flexibility index (Phi) is 5.68. The van der Waals surface area contributed by atoms with Crippen molar-refractivity contribution in [2.75, 3.05) is 6.54 Å². The van der Waals surface area contributed by atoms with E-state index in [0.29, 0.717) is 6.54 Å². The molecule has 20 heavy (non-hydrogen) atoms. The van der Waals surface area contributed by atoms with Gasteiger partial charge in [-0.25, -0.2) is 17.5 Å². The van der Waals surface area contributed by atoms with E-state index in [-0.39, 0.29) is 4.90 Å². The maximum Gasteiger partial charge on any atom is 0.243 e. The average molecular weight is 302 g/mol. The van der Waals surface area contributed by atoms with Gasteiger partial charge in [0.25, 0.3) is 0 Å². The third-order valence-corrected chi connectivity index (χ3v) is 4.25. The van der Waals surface area contributed by atoms with Gasteiger partial charge in [-0.3, -0.25) is 0 Å². The van der Waals surface area contributed by atoms with E-state index in [0.717, 1.165) is 18.5 Å². The molecule has 0 heterocycles. The summed E-state index contributed by atoms with van der Waals surface area (Å²) in [6.07, 6.45) is 0.984. The van der Waals surface area contributed by atoms with Crippen molar-refractivity contribution in [3.63, 3.8) is 0 Å². The minimum absolute atomic E-state index is 0.303. The van der Waals surface area contributed by atoms with Crippen molar-refractivity contribution in [2.45, 2.75) is 51.1 Å². The van der Waals surface area contributed by atoms with Crippen LogP contribution in [0.15, 0.2) is 23.1 Å². The molecule has 6 heteroatoms. The topological polar surface area (TPSA) is 58.2 Å². The van der Waals surface area contributed by atoms with Gasteiger partial charge in [0, 0.05) is 12.1 Å². The second-order valence-corrected chi connectivity index (χ2v) is 7.45. The first-order valence-electron chi connectivity index (χ1n) is 6.69. The molecule has 1 rings (SSSR count). The fraction of sp³-hybridized carbons (Fsp3) is 0.571. The van der Waals surface area contributed by atoms with Crippen LogP contribution in [0.1, 0.15) is 39.7 Å². The molecule has 1 aromatic carbocycles. The van der Waals surface area contributed by atoms with Gasteiger partial charge in [0.2, 0.25) is 10.0 Å². The Hall–Kier alpha value is -0.980. The van der Waals surface area contributed by atoms with E-state index in [1.807, 2.05) is 6.92 Å². The SMILES string of the molecule is CCCNCc1ccc(F)c(S(=O)(=O)NC(C)(C)C)c1. The van der Waals surface area contributed by atoms with Gasteiger partial charge in [0.1, 0.15) is 10.7 Å². The van der Waals surface area contributed by atoms with E-state index in [1.54, 1.807) is 26.8 Å². The third kappa shape index (κ3) is 5.19. The van der Waals surface area contributed by atoms with Crippen molar-refractivity contribution in [1.82, 2.24) is 10.0 Å². The predicted octanol–water partition coefficient (Wildman–Crippen LogP) is 2.40. The quantitative estimate of drug-likeness (QED) is 0.793. The molecular formula is C14H23FN2O2S. The Morgan fingerprint density at radius 3 is 2.45 bits per heavy atom. The van der Waals surface area contributed by atoms with Crippen molar-refractivity contribution < 1.29 is 12.8 Å². The number of rotatable bonds is 6. The Morgan fingerprint density at radius 1 is 1.25 bits per heavy atom. The lowest BCUT2D eigenvalue weighted by atomic mass is 10.1. The number of benzene rings is 1. The predicted molar refractivity (Wildman–Crippen MR) is 78.5 cm³/mol. The first-order chi connectivity index (χ1) is 9.15. The van der Waals surface area contributed by atoms with Crippen LogP contribution in [-0.2, 0) is 16.6 Å². The number of sulfonamides is 1. The lowest BCUT2D eigenvalue weighted by molar-refractivity contribution is 0.486. The van der Waals surface area contributed by atoms with Crippen LogP contribution in [0.3, 0.4) is 0 Å². The van der Waals surface area contributed by atoms with Gasteiger partial charge in [-0.05, 0) is 51.4 Å². The molecule has 1 aromatic rings. The fourth-order valence-corrected chi connectivity index (χ4v) is 3.28. The maximum absolute atomic E-state index is 13.8. The van der Waals surface area contributed by atoms with E-state index in [4.69, 9.17) is 0 Å². The van der Waals surface area contributed by atoms with Crippen molar-refractivity contribution in [1.29, 1.82) is 0 Å². The van der Waals surface area contributed by atoms with Crippen LogP contribution in [0, 0.1) is 5.82 Å². The highest BCUT2D eigenvalue weighted by molar-refractivity contribution is 7.89. The molecule has 2 N–H and O–H groups in total. The molecule has 0 spiro atoms. The molecule has 0 atom stereocenters. The van der Waals surface area contributed by atoms with Crippen molar-refractivity contribution in [2.24, 2.45) is 0 Å². The smallest absolute Gasteiger partial charge is 0.243 e. The van der Waals surface area contributed by atoms with Gasteiger partial charge >= 0.3 is 0 Å². The molecule has 0 saturated carbocycles. The zero-order valence-corrected chi connectivity index (χ0v) is 13.3. The van der Waals surface area contributed by atoms with Gasteiger partial charge in [0.05, 0.1) is 0 Å².